The number of hydrogen-bond donors (Lipinski definition) is 1. The highest BCUT2D eigenvalue weighted by atomic mass is 32.1. The smallest absolute Gasteiger partial charge is 0.260 e. The summed E-state index contributed by atoms with van der Waals surface area (Å²) in [5, 5.41) is 2.44. The van der Waals surface area contributed by atoms with Crippen LogP contribution in [0.25, 0.3) is 11.3 Å². The minimum atomic E-state index is 0.0250. The minimum absolute atomic E-state index is 0.0250. The molecule has 124 valence electrons. The zero-order valence-electron chi connectivity index (χ0n) is 13.6. The number of thiazole rings is 1. The first-order valence-electron chi connectivity index (χ1n) is 7.86. The fourth-order valence-electron chi connectivity index (χ4n) is 2.30. The average Bonchev–Trinajstić information content (AvgIpc) is 2.99. The Morgan fingerprint density at radius 2 is 2.04 bits per heavy atom. The van der Waals surface area contributed by atoms with Gasteiger partial charge in [0.25, 0.3) is 5.91 Å². The first kappa shape index (κ1) is 17.3. The van der Waals surface area contributed by atoms with E-state index in [0.717, 1.165) is 37.2 Å². The number of aromatic nitrogens is 1. The van der Waals surface area contributed by atoms with Crippen LogP contribution in [-0.4, -0.2) is 35.5 Å². The van der Waals surface area contributed by atoms with Crippen molar-refractivity contribution in [3.63, 3.8) is 0 Å². The Kier molecular flexibility index (Phi) is 6.40. The van der Waals surface area contributed by atoms with Gasteiger partial charge in [0, 0.05) is 24.0 Å². The summed E-state index contributed by atoms with van der Waals surface area (Å²) in [6.07, 6.45) is 1.90. The maximum absolute atomic E-state index is 12.2. The summed E-state index contributed by atoms with van der Waals surface area (Å²) in [7, 11) is 0. The zero-order chi connectivity index (χ0) is 16.7. The zero-order valence-corrected chi connectivity index (χ0v) is 14.4. The van der Waals surface area contributed by atoms with E-state index in [-0.39, 0.29) is 12.5 Å². The molecule has 0 aliphatic carbocycles. The van der Waals surface area contributed by atoms with Gasteiger partial charge in [-0.1, -0.05) is 26.0 Å². The third-order valence-electron chi connectivity index (χ3n) is 3.35. The van der Waals surface area contributed by atoms with Crippen LogP contribution in [0.2, 0.25) is 0 Å². The Morgan fingerprint density at radius 3 is 2.65 bits per heavy atom. The van der Waals surface area contributed by atoms with Crippen molar-refractivity contribution in [2.45, 2.75) is 26.7 Å². The Hall–Kier alpha value is -2.08. The molecule has 2 N–H and O–H groups in total. The molecule has 0 aliphatic heterocycles. The van der Waals surface area contributed by atoms with Crippen LogP contribution in [0.4, 0.5) is 5.13 Å². The molecule has 0 spiro atoms. The van der Waals surface area contributed by atoms with Crippen LogP contribution in [0.1, 0.15) is 26.7 Å². The highest BCUT2D eigenvalue weighted by Gasteiger charge is 2.12. The van der Waals surface area contributed by atoms with Gasteiger partial charge in [-0.15, -0.1) is 11.3 Å². The molecule has 1 amide bonds. The van der Waals surface area contributed by atoms with Crippen LogP contribution in [0.5, 0.6) is 5.75 Å². The Labute approximate surface area is 141 Å². The van der Waals surface area contributed by atoms with E-state index in [4.69, 9.17) is 10.5 Å². The number of ether oxygens (including phenoxy) is 1. The molecule has 1 aromatic carbocycles. The standard InChI is InChI=1S/C17H23N3O2S/c1-3-8-20(9-4-2)16(21)11-22-14-7-5-6-13(10-14)15-12-23-17(18)19-15/h5-7,10,12H,3-4,8-9,11H2,1-2H3,(H2,18,19). The summed E-state index contributed by atoms with van der Waals surface area (Å²) in [4.78, 5) is 18.3. The van der Waals surface area contributed by atoms with Gasteiger partial charge in [0.15, 0.2) is 11.7 Å². The van der Waals surface area contributed by atoms with Crippen LogP contribution >= 0.6 is 11.3 Å². The molecular weight excluding hydrogens is 310 g/mol. The number of hydrogen-bond acceptors (Lipinski definition) is 5. The summed E-state index contributed by atoms with van der Waals surface area (Å²) in [6, 6.07) is 7.56. The second-order valence-corrected chi connectivity index (χ2v) is 6.16. The number of nitrogen functional groups attached to an aromatic ring is 1. The number of benzene rings is 1. The minimum Gasteiger partial charge on any atom is -0.484 e. The van der Waals surface area contributed by atoms with Gasteiger partial charge in [-0.2, -0.15) is 0 Å². The second kappa shape index (κ2) is 8.53. The van der Waals surface area contributed by atoms with E-state index in [2.05, 4.69) is 18.8 Å². The van der Waals surface area contributed by atoms with E-state index in [1.807, 2.05) is 34.5 Å². The van der Waals surface area contributed by atoms with Gasteiger partial charge in [-0.25, -0.2) is 4.98 Å². The molecule has 0 radical (unpaired) electrons. The Bertz CT molecular complexity index is 636. The lowest BCUT2D eigenvalue weighted by Gasteiger charge is -2.21. The molecule has 1 heterocycles. The third-order valence-corrected chi connectivity index (χ3v) is 4.03. The van der Waals surface area contributed by atoms with Gasteiger partial charge >= 0.3 is 0 Å². The van der Waals surface area contributed by atoms with Crippen LogP contribution in [0.15, 0.2) is 29.6 Å². The average molecular weight is 333 g/mol. The molecule has 23 heavy (non-hydrogen) atoms. The number of amides is 1. The second-order valence-electron chi connectivity index (χ2n) is 5.27. The summed E-state index contributed by atoms with van der Waals surface area (Å²) >= 11 is 1.40. The van der Waals surface area contributed by atoms with Gasteiger partial charge < -0.3 is 15.4 Å². The normalized spacial score (nSPS) is 10.5. The van der Waals surface area contributed by atoms with E-state index in [1.54, 1.807) is 0 Å². The van der Waals surface area contributed by atoms with Gasteiger partial charge in [-0.05, 0) is 25.0 Å². The molecule has 0 saturated carbocycles. The number of anilines is 1. The fraction of sp³-hybridized carbons (Fsp3) is 0.412. The van der Waals surface area contributed by atoms with Crippen LogP contribution < -0.4 is 10.5 Å². The van der Waals surface area contributed by atoms with Crippen molar-refractivity contribution in [3.8, 4) is 17.0 Å². The first-order valence-corrected chi connectivity index (χ1v) is 8.74. The van der Waals surface area contributed by atoms with Crippen LogP contribution in [0, 0.1) is 0 Å². The highest BCUT2D eigenvalue weighted by molar-refractivity contribution is 7.13. The maximum atomic E-state index is 12.2. The Balaban J connectivity index is 1.99. The van der Waals surface area contributed by atoms with Crippen LogP contribution in [0.3, 0.4) is 0 Å². The fourth-order valence-corrected chi connectivity index (χ4v) is 2.88. The lowest BCUT2D eigenvalue weighted by molar-refractivity contribution is -0.133. The first-order chi connectivity index (χ1) is 11.1. The van der Waals surface area contributed by atoms with Crippen molar-refractivity contribution >= 4 is 22.4 Å². The van der Waals surface area contributed by atoms with Crippen LogP contribution in [-0.2, 0) is 4.79 Å². The van der Waals surface area contributed by atoms with Crippen molar-refractivity contribution in [2.24, 2.45) is 0 Å². The van der Waals surface area contributed by atoms with E-state index in [1.165, 1.54) is 11.3 Å². The summed E-state index contributed by atoms with van der Waals surface area (Å²) in [6.45, 7) is 5.74. The summed E-state index contributed by atoms with van der Waals surface area (Å²) < 4.78 is 5.66. The molecule has 5 nitrogen and oxygen atoms in total. The Morgan fingerprint density at radius 1 is 1.30 bits per heavy atom. The lowest BCUT2D eigenvalue weighted by Crippen LogP contribution is -2.36. The molecule has 6 heteroatoms. The quantitative estimate of drug-likeness (QED) is 0.804. The molecule has 0 saturated heterocycles. The number of carbonyl (C=O) groups is 1. The predicted molar refractivity (Wildman–Crippen MR) is 94.6 cm³/mol. The van der Waals surface area contributed by atoms with Crippen molar-refractivity contribution in [3.05, 3.63) is 29.6 Å². The monoisotopic (exact) mass is 333 g/mol. The molecule has 0 atom stereocenters. The molecule has 0 aliphatic rings. The molecular formula is C17H23N3O2S. The number of rotatable bonds is 8. The van der Waals surface area contributed by atoms with Gasteiger partial charge in [0.05, 0.1) is 5.69 Å². The lowest BCUT2D eigenvalue weighted by atomic mass is 10.2. The van der Waals surface area contributed by atoms with Gasteiger partial charge in [0.1, 0.15) is 5.75 Å². The van der Waals surface area contributed by atoms with Crippen molar-refractivity contribution in [1.82, 2.24) is 9.88 Å². The molecule has 0 unspecified atom stereocenters. The SMILES string of the molecule is CCCN(CCC)C(=O)COc1cccc(-c2csc(N)n2)c1. The van der Waals surface area contributed by atoms with Crippen molar-refractivity contribution < 1.29 is 9.53 Å². The maximum Gasteiger partial charge on any atom is 0.260 e. The topological polar surface area (TPSA) is 68.5 Å². The number of carbonyl (C=O) groups excluding carboxylic acids is 1. The molecule has 0 bridgehead atoms. The van der Waals surface area contributed by atoms with E-state index < -0.39 is 0 Å². The molecule has 1 aromatic heterocycles. The van der Waals surface area contributed by atoms with Gasteiger partial charge in [0.2, 0.25) is 0 Å². The molecule has 0 fully saturated rings. The van der Waals surface area contributed by atoms with E-state index in [0.29, 0.717) is 10.9 Å². The molecule has 2 aromatic rings. The third kappa shape index (κ3) is 4.96. The van der Waals surface area contributed by atoms with Crippen molar-refractivity contribution in [1.29, 1.82) is 0 Å². The number of nitrogens with zero attached hydrogens (tertiary/aromatic N) is 2. The highest BCUT2D eigenvalue weighted by Crippen LogP contribution is 2.26. The van der Waals surface area contributed by atoms with Gasteiger partial charge in [-0.3, -0.25) is 4.79 Å². The van der Waals surface area contributed by atoms with E-state index in [9.17, 15) is 4.79 Å². The summed E-state index contributed by atoms with van der Waals surface area (Å²) in [5.41, 5.74) is 7.42. The number of nitrogens with two attached hydrogens (primary N) is 1. The predicted octanol–water partition coefficient (Wildman–Crippen LogP) is 3.42. The largest absolute Gasteiger partial charge is 0.484 e. The van der Waals surface area contributed by atoms with Crippen molar-refractivity contribution in [2.75, 3.05) is 25.4 Å². The summed E-state index contributed by atoms with van der Waals surface area (Å²) in [5.74, 6) is 0.687. The van der Waals surface area contributed by atoms with E-state index >= 15 is 0 Å². The molecule has 2 rings (SSSR count).